The Kier molecular flexibility index (Phi) is 15.1. The molecule has 1 amide bonds. The van der Waals surface area contributed by atoms with Crippen LogP contribution in [0.2, 0.25) is 0 Å². The molecule has 216 valence electrons. The second-order valence-corrected chi connectivity index (χ2v) is 10.5. The van der Waals surface area contributed by atoms with Crippen molar-refractivity contribution in [3.63, 3.8) is 0 Å². The fraction of sp³-hybridized carbons (Fsp3) is 0.625. The molecule has 0 bridgehead atoms. The van der Waals surface area contributed by atoms with Gasteiger partial charge in [-0.25, -0.2) is 9.59 Å². The molecule has 4 atom stereocenters. The molecule has 0 aliphatic rings. The second kappa shape index (κ2) is 16.9. The molecule has 1 aromatic rings. The van der Waals surface area contributed by atoms with Crippen LogP contribution >= 0.6 is 24.4 Å². The molecule has 0 spiro atoms. The van der Waals surface area contributed by atoms with Gasteiger partial charge in [0.25, 0.3) is 0 Å². The third-order valence-corrected chi connectivity index (χ3v) is 6.84. The molecular weight excluding hydrogens is 545 g/mol. The number of carboxylic acid groups (broad SMARTS) is 1. The van der Waals surface area contributed by atoms with Crippen molar-refractivity contribution in [2.24, 2.45) is 11.7 Å². The van der Waals surface area contributed by atoms with Gasteiger partial charge in [-0.05, 0) is 41.9 Å². The van der Waals surface area contributed by atoms with E-state index in [0.717, 1.165) is 5.56 Å². The average Bonchev–Trinajstić information content (AvgIpc) is 2.85. The van der Waals surface area contributed by atoms with Gasteiger partial charge in [-0.15, -0.1) is 5.48 Å². The predicted octanol–water partition coefficient (Wildman–Crippen LogP) is 1.94. The lowest BCUT2D eigenvalue weighted by Gasteiger charge is -2.26. The number of thioether (sulfide) groups is 1. The highest BCUT2D eigenvalue weighted by molar-refractivity contribution is 7.98. The molecule has 0 fully saturated rings. The Hall–Kier alpha value is -2.00. The lowest BCUT2D eigenvalue weighted by molar-refractivity contribution is -0.208. The number of carboxylic acids is 1. The molecule has 1 aromatic carbocycles. The summed E-state index contributed by atoms with van der Waals surface area (Å²) >= 11 is 5.57. The maximum Gasteiger partial charge on any atom is 0.492 e. The highest BCUT2D eigenvalue weighted by Gasteiger charge is 2.42. The van der Waals surface area contributed by atoms with E-state index < -0.39 is 36.1 Å². The summed E-state index contributed by atoms with van der Waals surface area (Å²) in [7, 11) is 0. The Morgan fingerprint density at radius 1 is 1.13 bits per heavy atom. The summed E-state index contributed by atoms with van der Waals surface area (Å²) in [5.74, 6) is -3.59. The normalized spacial score (nSPS) is 15.0. The first-order valence-electron chi connectivity index (χ1n) is 12.0. The van der Waals surface area contributed by atoms with E-state index in [-0.39, 0.29) is 30.8 Å². The van der Waals surface area contributed by atoms with E-state index in [0.29, 0.717) is 30.0 Å². The van der Waals surface area contributed by atoms with Crippen molar-refractivity contribution in [2.45, 2.75) is 63.5 Å². The lowest BCUT2D eigenvalue weighted by Crippen LogP contribution is -2.52. The van der Waals surface area contributed by atoms with Crippen LogP contribution in [0.5, 0.6) is 0 Å². The van der Waals surface area contributed by atoms with Gasteiger partial charge in [-0.1, -0.05) is 38.1 Å². The fourth-order valence-electron chi connectivity index (χ4n) is 3.46. The summed E-state index contributed by atoms with van der Waals surface area (Å²) in [5.41, 5.74) is 9.31. The number of nitrogens with two attached hydrogens (primary N) is 1. The van der Waals surface area contributed by atoms with Gasteiger partial charge in [0.1, 0.15) is 12.1 Å². The lowest BCUT2D eigenvalue weighted by atomic mass is 9.91. The van der Waals surface area contributed by atoms with Gasteiger partial charge in [0, 0.05) is 30.8 Å². The number of nitrogens with one attached hydrogen (secondary N) is 3. The van der Waals surface area contributed by atoms with Crippen molar-refractivity contribution in [1.29, 1.82) is 0 Å². The number of thiol groups is 1. The molecule has 9 nitrogen and oxygen atoms in total. The Morgan fingerprint density at radius 2 is 1.74 bits per heavy atom. The van der Waals surface area contributed by atoms with Crippen LogP contribution in [0, 0.1) is 5.92 Å². The van der Waals surface area contributed by atoms with E-state index in [2.05, 4.69) is 28.1 Å². The quantitative estimate of drug-likeness (QED) is 0.120. The van der Waals surface area contributed by atoms with Gasteiger partial charge in [0.05, 0.1) is 0 Å². The maximum absolute atomic E-state index is 13.0. The zero-order chi connectivity index (χ0) is 28.9. The first kappa shape index (κ1) is 34.0. The molecule has 0 saturated heterocycles. The number of hydrogen-bond acceptors (Lipinski definition) is 9. The van der Waals surface area contributed by atoms with Crippen LogP contribution < -0.4 is 21.8 Å². The van der Waals surface area contributed by atoms with Crippen LogP contribution in [-0.4, -0.2) is 77.6 Å². The van der Waals surface area contributed by atoms with Gasteiger partial charge in [0.2, 0.25) is 5.91 Å². The minimum Gasteiger partial charge on any atom is -0.480 e. The van der Waals surface area contributed by atoms with Gasteiger partial charge < -0.3 is 26.3 Å². The van der Waals surface area contributed by atoms with E-state index in [9.17, 15) is 32.7 Å². The third-order valence-electron chi connectivity index (χ3n) is 5.73. The maximum atomic E-state index is 13.0. The number of rotatable bonds is 17. The zero-order valence-electron chi connectivity index (χ0n) is 21.6. The molecule has 0 radical (unpaired) electrons. The van der Waals surface area contributed by atoms with E-state index in [4.69, 9.17) is 5.73 Å². The Balaban J connectivity index is 3.18. The Morgan fingerprint density at radius 3 is 2.24 bits per heavy atom. The van der Waals surface area contributed by atoms with Crippen molar-refractivity contribution in [1.82, 2.24) is 16.1 Å². The number of amides is 1. The molecule has 14 heteroatoms. The van der Waals surface area contributed by atoms with Crippen molar-refractivity contribution in [3.8, 4) is 0 Å². The second-order valence-electron chi connectivity index (χ2n) is 9.12. The predicted molar refractivity (Wildman–Crippen MR) is 144 cm³/mol. The number of halogens is 3. The summed E-state index contributed by atoms with van der Waals surface area (Å²) in [5, 5.41) is 15.2. The van der Waals surface area contributed by atoms with Gasteiger partial charge in [-0.2, -0.15) is 37.6 Å². The zero-order valence-corrected chi connectivity index (χ0v) is 23.3. The molecule has 0 aromatic heterocycles. The highest BCUT2D eigenvalue weighted by atomic mass is 32.2. The smallest absolute Gasteiger partial charge is 0.480 e. The highest BCUT2D eigenvalue weighted by Crippen LogP contribution is 2.19. The van der Waals surface area contributed by atoms with E-state index in [1.807, 2.05) is 25.4 Å². The molecule has 0 unspecified atom stereocenters. The number of carbonyl (C=O) groups is 3. The monoisotopic (exact) mass is 582 g/mol. The number of benzene rings is 1. The van der Waals surface area contributed by atoms with Crippen LogP contribution in [-0.2, 0) is 32.1 Å². The SMILES string of the molecule is CSCC[C@H](NC(=O)[C@H](Cc1ccccc1C[C@H](NC[C@@H](N)CS)C(C)C)NOC(=O)C(F)(F)F)C(=O)O. The standard InChI is InChI=1S/C24H37F3N4O5S2/c1-14(2)19(29-12-17(28)13-37)10-15-6-4-5-7-16(15)11-20(31-36-23(35)24(25,26)27)21(32)30-18(22(33)34)8-9-38-3/h4-7,14,17-20,29,31,37H,8-13,28H2,1-3H3,(H,30,32)(H,33,34)/t17-,18+,19+,20+/m1/s1. The summed E-state index contributed by atoms with van der Waals surface area (Å²) in [4.78, 5) is 40.0. The number of hydroxylamine groups is 1. The van der Waals surface area contributed by atoms with Crippen LogP contribution in [0.3, 0.4) is 0 Å². The van der Waals surface area contributed by atoms with Crippen molar-refractivity contribution >= 4 is 42.2 Å². The number of alkyl halides is 3. The molecule has 0 heterocycles. The molecule has 0 aliphatic heterocycles. The summed E-state index contributed by atoms with van der Waals surface area (Å²) in [6.07, 6.45) is -3.05. The molecule has 1 rings (SSSR count). The van der Waals surface area contributed by atoms with Gasteiger partial charge in [0.15, 0.2) is 0 Å². The van der Waals surface area contributed by atoms with E-state index in [1.54, 1.807) is 24.5 Å². The summed E-state index contributed by atoms with van der Waals surface area (Å²) in [6.45, 7) is 4.59. The van der Waals surface area contributed by atoms with Crippen molar-refractivity contribution < 1.29 is 37.5 Å². The molecule has 0 aliphatic carbocycles. The van der Waals surface area contributed by atoms with Crippen LogP contribution in [0.1, 0.15) is 31.4 Å². The fourth-order valence-corrected chi connectivity index (χ4v) is 4.06. The van der Waals surface area contributed by atoms with Crippen LogP contribution in [0.15, 0.2) is 24.3 Å². The minimum absolute atomic E-state index is 0.00619. The van der Waals surface area contributed by atoms with Gasteiger partial charge >= 0.3 is 18.1 Å². The summed E-state index contributed by atoms with van der Waals surface area (Å²) < 4.78 is 38.1. The van der Waals surface area contributed by atoms with E-state index >= 15 is 0 Å². The first-order chi connectivity index (χ1) is 17.8. The van der Waals surface area contributed by atoms with E-state index in [1.165, 1.54) is 11.8 Å². The van der Waals surface area contributed by atoms with Crippen LogP contribution in [0.25, 0.3) is 0 Å². The molecule has 38 heavy (non-hydrogen) atoms. The number of carbonyl (C=O) groups excluding carboxylic acids is 2. The van der Waals surface area contributed by atoms with Crippen LogP contribution in [0.4, 0.5) is 13.2 Å². The van der Waals surface area contributed by atoms with Crippen molar-refractivity contribution in [3.05, 3.63) is 35.4 Å². The average molecular weight is 583 g/mol. The minimum atomic E-state index is -5.28. The third kappa shape index (κ3) is 12.2. The molecular formula is C24H37F3N4O5S2. The first-order valence-corrected chi connectivity index (χ1v) is 14.0. The Bertz CT molecular complexity index is 908. The van der Waals surface area contributed by atoms with Gasteiger partial charge in [-0.3, -0.25) is 4.79 Å². The molecule has 0 saturated carbocycles. The summed E-state index contributed by atoms with van der Waals surface area (Å²) in [6, 6.07) is 4.15. The van der Waals surface area contributed by atoms with Crippen molar-refractivity contribution in [2.75, 3.05) is 24.3 Å². The Labute approximate surface area is 230 Å². The largest absolute Gasteiger partial charge is 0.492 e. The number of hydrogen-bond donors (Lipinski definition) is 6. The topological polar surface area (TPSA) is 143 Å². The number of aliphatic carboxylic acids is 1. The molecule has 6 N–H and O–H groups in total.